The number of rotatable bonds is 6. The summed E-state index contributed by atoms with van der Waals surface area (Å²) in [4.78, 5) is 14.7. The second-order valence-corrected chi connectivity index (χ2v) is 7.18. The van der Waals surface area contributed by atoms with E-state index in [9.17, 15) is 4.79 Å². The normalized spacial score (nSPS) is 26.2. The molecule has 1 aliphatic heterocycles. The standard InChI is InChI=1S/C15H23N3O2S/c1-10-8-18(5-6-21-2)9-13(10)16-15(19)12-7-14(20-17-12)11-3-4-11/h7,10-11,13H,3-6,8-9H2,1-2H3,(H,16,19). The molecule has 116 valence electrons. The van der Waals surface area contributed by atoms with Crippen LogP contribution in [0.3, 0.4) is 0 Å². The minimum atomic E-state index is -0.103. The maximum absolute atomic E-state index is 12.3. The molecule has 1 aliphatic carbocycles. The lowest BCUT2D eigenvalue weighted by molar-refractivity contribution is 0.0922. The van der Waals surface area contributed by atoms with E-state index in [0.717, 1.165) is 44.0 Å². The quantitative estimate of drug-likeness (QED) is 0.870. The Balaban J connectivity index is 1.53. The SMILES string of the molecule is CSCCN1CC(C)C(NC(=O)c2cc(C3CC3)on2)C1. The van der Waals surface area contributed by atoms with Gasteiger partial charge in [-0.15, -0.1) is 0 Å². The number of hydrogen-bond donors (Lipinski definition) is 1. The smallest absolute Gasteiger partial charge is 0.273 e. The van der Waals surface area contributed by atoms with E-state index in [1.165, 1.54) is 0 Å². The average Bonchev–Trinajstić information content (AvgIpc) is 3.09. The van der Waals surface area contributed by atoms with Crippen LogP contribution in [0.15, 0.2) is 10.6 Å². The van der Waals surface area contributed by atoms with E-state index >= 15 is 0 Å². The van der Waals surface area contributed by atoms with Gasteiger partial charge in [0.1, 0.15) is 5.76 Å². The van der Waals surface area contributed by atoms with Crippen LogP contribution in [-0.4, -0.2) is 53.6 Å². The Bertz CT molecular complexity index is 501. The van der Waals surface area contributed by atoms with E-state index in [1.54, 1.807) is 6.07 Å². The summed E-state index contributed by atoms with van der Waals surface area (Å²) in [5.41, 5.74) is 0.423. The van der Waals surface area contributed by atoms with Gasteiger partial charge in [-0.3, -0.25) is 4.79 Å². The summed E-state index contributed by atoms with van der Waals surface area (Å²) in [6, 6.07) is 2.01. The molecule has 21 heavy (non-hydrogen) atoms. The molecule has 0 spiro atoms. The minimum Gasteiger partial charge on any atom is -0.360 e. The molecule has 1 aromatic rings. The van der Waals surface area contributed by atoms with Crippen molar-refractivity contribution < 1.29 is 9.32 Å². The number of carbonyl (C=O) groups is 1. The molecule has 1 amide bonds. The number of likely N-dealkylation sites (tertiary alicyclic amines) is 1. The van der Waals surface area contributed by atoms with Gasteiger partial charge in [0.15, 0.2) is 5.69 Å². The highest BCUT2D eigenvalue weighted by Crippen LogP contribution is 2.40. The second-order valence-electron chi connectivity index (χ2n) is 6.20. The number of aromatic nitrogens is 1. The first kappa shape index (κ1) is 14.9. The molecule has 2 aliphatic rings. The van der Waals surface area contributed by atoms with Gasteiger partial charge in [0, 0.05) is 43.4 Å². The predicted octanol–water partition coefficient (Wildman–Crippen LogP) is 1.97. The first-order chi connectivity index (χ1) is 10.2. The first-order valence-corrected chi connectivity index (χ1v) is 9.05. The van der Waals surface area contributed by atoms with Crippen LogP contribution in [0.4, 0.5) is 0 Å². The Kier molecular flexibility index (Phi) is 4.54. The lowest BCUT2D eigenvalue weighted by Crippen LogP contribution is -2.40. The zero-order valence-electron chi connectivity index (χ0n) is 12.7. The third-order valence-corrected chi connectivity index (χ3v) is 4.95. The van der Waals surface area contributed by atoms with Crippen LogP contribution in [0.5, 0.6) is 0 Å². The molecule has 1 saturated heterocycles. The number of nitrogens with zero attached hydrogens (tertiary/aromatic N) is 2. The van der Waals surface area contributed by atoms with Crippen LogP contribution in [0.25, 0.3) is 0 Å². The third-order valence-electron chi connectivity index (χ3n) is 4.36. The van der Waals surface area contributed by atoms with Crippen LogP contribution in [0.2, 0.25) is 0 Å². The van der Waals surface area contributed by atoms with Crippen LogP contribution >= 0.6 is 11.8 Å². The van der Waals surface area contributed by atoms with Gasteiger partial charge in [0.2, 0.25) is 0 Å². The third kappa shape index (κ3) is 3.61. The maximum atomic E-state index is 12.3. The molecule has 5 nitrogen and oxygen atoms in total. The number of hydrogen-bond acceptors (Lipinski definition) is 5. The van der Waals surface area contributed by atoms with E-state index in [0.29, 0.717) is 17.5 Å². The number of nitrogens with one attached hydrogen (secondary N) is 1. The topological polar surface area (TPSA) is 58.4 Å². The van der Waals surface area contributed by atoms with Gasteiger partial charge in [-0.1, -0.05) is 12.1 Å². The highest BCUT2D eigenvalue weighted by Gasteiger charge is 2.32. The van der Waals surface area contributed by atoms with Crippen molar-refractivity contribution in [2.75, 3.05) is 31.6 Å². The van der Waals surface area contributed by atoms with Crippen LogP contribution < -0.4 is 5.32 Å². The Morgan fingerprint density at radius 3 is 3.05 bits per heavy atom. The molecule has 3 rings (SSSR count). The van der Waals surface area contributed by atoms with E-state index in [-0.39, 0.29) is 11.9 Å². The van der Waals surface area contributed by atoms with Crippen molar-refractivity contribution in [3.8, 4) is 0 Å². The summed E-state index contributed by atoms with van der Waals surface area (Å²) in [6.45, 7) is 5.27. The summed E-state index contributed by atoms with van der Waals surface area (Å²) >= 11 is 1.86. The largest absolute Gasteiger partial charge is 0.360 e. The van der Waals surface area contributed by atoms with Crippen molar-refractivity contribution in [3.63, 3.8) is 0 Å². The average molecular weight is 309 g/mol. The summed E-state index contributed by atoms with van der Waals surface area (Å²) in [5, 5.41) is 7.02. The van der Waals surface area contributed by atoms with Gasteiger partial charge in [-0.25, -0.2) is 0 Å². The fourth-order valence-electron chi connectivity index (χ4n) is 2.86. The molecule has 2 atom stereocenters. The molecule has 0 bridgehead atoms. The Labute approximate surface area is 129 Å². The van der Waals surface area contributed by atoms with Crippen LogP contribution in [-0.2, 0) is 0 Å². The molecular formula is C15H23N3O2S. The van der Waals surface area contributed by atoms with Gasteiger partial charge in [-0.2, -0.15) is 11.8 Å². The number of carbonyl (C=O) groups excluding carboxylic acids is 1. The summed E-state index contributed by atoms with van der Waals surface area (Å²) in [6.07, 6.45) is 4.43. The molecule has 2 fully saturated rings. The van der Waals surface area contributed by atoms with Crippen molar-refractivity contribution in [3.05, 3.63) is 17.5 Å². The minimum absolute atomic E-state index is 0.103. The van der Waals surface area contributed by atoms with Crippen molar-refractivity contribution in [1.82, 2.24) is 15.4 Å². The molecule has 0 radical (unpaired) electrons. The van der Waals surface area contributed by atoms with Gasteiger partial charge in [0.25, 0.3) is 5.91 Å². The van der Waals surface area contributed by atoms with Gasteiger partial charge >= 0.3 is 0 Å². The van der Waals surface area contributed by atoms with Crippen molar-refractivity contribution in [2.45, 2.75) is 31.7 Å². The van der Waals surface area contributed by atoms with E-state index in [1.807, 2.05) is 11.8 Å². The highest BCUT2D eigenvalue weighted by molar-refractivity contribution is 7.98. The number of amides is 1. The molecule has 2 unspecified atom stereocenters. The molecule has 1 saturated carbocycles. The monoisotopic (exact) mass is 309 g/mol. The summed E-state index contributed by atoms with van der Waals surface area (Å²) in [5.74, 6) is 2.87. The van der Waals surface area contributed by atoms with Crippen LogP contribution in [0, 0.1) is 5.92 Å². The first-order valence-electron chi connectivity index (χ1n) is 7.66. The summed E-state index contributed by atoms with van der Waals surface area (Å²) < 4.78 is 5.25. The van der Waals surface area contributed by atoms with Crippen LogP contribution in [0.1, 0.15) is 41.9 Å². The van der Waals surface area contributed by atoms with E-state index in [2.05, 4.69) is 28.6 Å². The molecule has 0 aromatic carbocycles. The number of thioether (sulfide) groups is 1. The molecule has 1 N–H and O–H groups in total. The van der Waals surface area contributed by atoms with Crippen molar-refractivity contribution in [2.24, 2.45) is 5.92 Å². The van der Waals surface area contributed by atoms with Gasteiger partial charge in [-0.05, 0) is 25.0 Å². The second kappa shape index (κ2) is 6.40. The Morgan fingerprint density at radius 2 is 2.33 bits per heavy atom. The fraction of sp³-hybridized carbons (Fsp3) is 0.733. The molecule has 6 heteroatoms. The van der Waals surface area contributed by atoms with E-state index < -0.39 is 0 Å². The maximum Gasteiger partial charge on any atom is 0.273 e. The predicted molar refractivity (Wildman–Crippen MR) is 83.7 cm³/mol. The molecular weight excluding hydrogens is 286 g/mol. The van der Waals surface area contributed by atoms with Crippen molar-refractivity contribution >= 4 is 17.7 Å². The van der Waals surface area contributed by atoms with Gasteiger partial charge < -0.3 is 14.7 Å². The van der Waals surface area contributed by atoms with Crippen molar-refractivity contribution in [1.29, 1.82) is 0 Å². The lowest BCUT2D eigenvalue weighted by atomic mass is 10.1. The molecule has 2 heterocycles. The fourth-order valence-corrected chi connectivity index (χ4v) is 3.30. The van der Waals surface area contributed by atoms with E-state index in [4.69, 9.17) is 4.52 Å². The van der Waals surface area contributed by atoms with Gasteiger partial charge in [0.05, 0.1) is 0 Å². The zero-order valence-corrected chi connectivity index (χ0v) is 13.5. The summed E-state index contributed by atoms with van der Waals surface area (Å²) in [7, 11) is 0. The Hall–Kier alpha value is -1.01. The highest BCUT2D eigenvalue weighted by atomic mass is 32.2. The lowest BCUT2D eigenvalue weighted by Gasteiger charge is -2.16. The zero-order chi connectivity index (χ0) is 14.8. The Morgan fingerprint density at radius 1 is 1.52 bits per heavy atom. The molecule has 1 aromatic heterocycles.